The standard InChI is InChI=1S/C13H12ClFN4O2/c1-3-18(10-6-4-9(15)5-7-10)12-11(19(20)21)8(2)16-13(14)17-12/h4-7H,3H2,1-2H3. The zero-order valence-corrected chi connectivity index (χ0v) is 12.1. The summed E-state index contributed by atoms with van der Waals surface area (Å²) in [5.74, 6) is -0.298. The molecular formula is C13H12ClFN4O2. The molecule has 21 heavy (non-hydrogen) atoms. The van der Waals surface area contributed by atoms with Gasteiger partial charge >= 0.3 is 5.69 Å². The van der Waals surface area contributed by atoms with Crippen molar-refractivity contribution in [3.8, 4) is 0 Å². The molecule has 0 fully saturated rings. The summed E-state index contributed by atoms with van der Waals surface area (Å²) >= 11 is 5.81. The number of nitro groups is 1. The molecule has 0 spiro atoms. The molecular weight excluding hydrogens is 299 g/mol. The van der Waals surface area contributed by atoms with E-state index in [1.54, 1.807) is 11.8 Å². The van der Waals surface area contributed by atoms with E-state index in [1.165, 1.54) is 31.2 Å². The topological polar surface area (TPSA) is 72.2 Å². The SMILES string of the molecule is CCN(c1ccc(F)cc1)c1nc(Cl)nc(C)c1[N+](=O)[O-]. The molecule has 0 bridgehead atoms. The van der Waals surface area contributed by atoms with Crippen LogP contribution in [0.4, 0.5) is 21.6 Å². The Morgan fingerprint density at radius 1 is 1.33 bits per heavy atom. The fourth-order valence-electron chi connectivity index (χ4n) is 2.00. The zero-order valence-electron chi connectivity index (χ0n) is 11.4. The number of benzene rings is 1. The average Bonchev–Trinajstić information content (AvgIpc) is 2.40. The maximum absolute atomic E-state index is 13.0. The third-order valence-corrected chi connectivity index (χ3v) is 3.07. The summed E-state index contributed by atoms with van der Waals surface area (Å²) in [5, 5.41) is 11.2. The lowest BCUT2D eigenvalue weighted by atomic mass is 10.2. The first-order valence-corrected chi connectivity index (χ1v) is 6.53. The monoisotopic (exact) mass is 310 g/mol. The fraction of sp³-hybridized carbons (Fsp3) is 0.231. The molecule has 0 radical (unpaired) electrons. The predicted octanol–water partition coefficient (Wildman–Crippen LogP) is 3.64. The van der Waals surface area contributed by atoms with Gasteiger partial charge in [-0.05, 0) is 49.7 Å². The van der Waals surface area contributed by atoms with Crippen LogP contribution < -0.4 is 4.90 Å². The summed E-state index contributed by atoms with van der Waals surface area (Å²) in [6, 6.07) is 5.60. The summed E-state index contributed by atoms with van der Waals surface area (Å²) in [5.41, 5.74) is 0.539. The third kappa shape index (κ3) is 3.08. The number of aryl methyl sites for hydroxylation is 1. The number of hydrogen-bond acceptors (Lipinski definition) is 5. The highest BCUT2D eigenvalue weighted by Crippen LogP contribution is 2.34. The summed E-state index contributed by atoms with van der Waals surface area (Å²) in [7, 11) is 0. The van der Waals surface area contributed by atoms with Crippen LogP contribution in [0.1, 0.15) is 12.6 Å². The number of aromatic nitrogens is 2. The van der Waals surface area contributed by atoms with Crippen LogP contribution >= 0.6 is 11.6 Å². The molecule has 0 atom stereocenters. The Morgan fingerprint density at radius 3 is 2.48 bits per heavy atom. The fourth-order valence-corrected chi connectivity index (χ4v) is 2.20. The van der Waals surface area contributed by atoms with E-state index in [0.29, 0.717) is 12.2 Å². The Bertz CT molecular complexity index is 679. The van der Waals surface area contributed by atoms with Gasteiger partial charge in [-0.3, -0.25) is 10.1 Å². The number of hydrogen-bond donors (Lipinski definition) is 0. The molecule has 0 unspecified atom stereocenters. The van der Waals surface area contributed by atoms with Crippen molar-refractivity contribution in [2.24, 2.45) is 0 Å². The van der Waals surface area contributed by atoms with Crippen molar-refractivity contribution in [2.45, 2.75) is 13.8 Å². The molecule has 0 aliphatic rings. The van der Waals surface area contributed by atoms with E-state index in [9.17, 15) is 14.5 Å². The van der Waals surface area contributed by atoms with Crippen LogP contribution in [0.2, 0.25) is 5.28 Å². The molecule has 0 saturated heterocycles. The molecule has 1 aromatic carbocycles. The molecule has 110 valence electrons. The van der Waals surface area contributed by atoms with Gasteiger partial charge in [0.25, 0.3) is 0 Å². The largest absolute Gasteiger partial charge is 0.333 e. The number of nitrogens with zero attached hydrogens (tertiary/aromatic N) is 4. The van der Waals surface area contributed by atoms with E-state index in [-0.39, 0.29) is 28.3 Å². The first-order chi connectivity index (χ1) is 9.93. The van der Waals surface area contributed by atoms with Gasteiger partial charge in [-0.2, -0.15) is 4.98 Å². The second-order valence-electron chi connectivity index (χ2n) is 4.23. The Balaban J connectivity index is 2.61. The van der Waals surface area contributed by atoms with Crippen LogP contribution in [0.15, 0.2) is 24.3 Å². The Morgan fingerprint density at radius 2 is 1.95 bits per heavy atom. The van der Waals surface area contributed by atoms with E-state index in [1.807, 2.05) is 0 Å². The summed E-state index contributed by atoms with van der Waals surface area (Å²) in [6.45, 7) is 3.70. The Kier molecular flexibility index (Phi) is 4.32. The van der Waals surface area contributed by atoms with Gasteiger partial charge in [-0.25, -0.2) is 9.37 Å². The third-order valence-electron chi connectivity index (χ3n) is 2.91. The first kappa shape index (κ1) is 15.1. The maximum atomic E-state index is 13.0. The highest BCUT2D eigenvalue weighted by Gasteiger charge is 2.26. The minimum Gasteiger partial charge on any atom is -0.321 e. The molecule has 0 N–H and O–H groups in total. The van der Waals surface area contributed by atoms with Crippen molar-refractivity contribution in [3.05, 3.63) is 51.2 Å². The van der Waals surface area contributed by atoms with Gasteiger partial charge < -0.3 is 4.90 Å². The minimum absolute atomic E-state index is 0.0753. The highest BCUT2D eigenvalue weighted by atomic mass is 35.5. The molecule has 1 aromatic heterocycles. The van der Waals surface area contributed by atoms with Crippen molar-refractivity contribution in [1.82, 2.24) is 9.97 Å². The van der Waals surface area contributed by atoms with Gasteiger partial charge in [0.15, 0.2) is 0 Å². The zero-order chi connectivity index (χ0) is 15.6. The van der Waals surface area contributed by atoms with Crippen LogP contribution in [0.25, 0.3) is 0 Å². The predicted molar refractivity (Wildman–Crippen MR) is 77.5 cm³/mol. The van der Waals surface area contributed by atoms with Gasteiger partial charge in [0.2, 0.25) is 11.1 Å². The normalized spacial score (nSPS) is 10.5. The molecule has 6 nitrogen and oxygen atoms in total. The summed E-state index contributed by atoms with van der Waals surface area (Å²) in [6.07, 6.45) is 0. The van der Waals surface area contributed by atoms with Crippen LogP contribution in [-0.2, 0) is 0 Å². The Labute approximate surface area is 125 Å². The molecule has 0 saturated carbocycles. The van der Waals surface area contributed by atoms with Crippen LogP contribution in [0.5, 0.6) is 0 Å². The van der Waals surface area contributed by atoms with Crippen LogP contribution in [-0.4, -0.2) is 21.4 Å². The molecule has 8 heteroatoms. The summed E-state index contributed by atoms with van der Waals surface area (Å²) < 4.78 is 13.0. The van der Waals surface area contributed by atoms with E-state index >= 15 is 0 Å². The lowest BCUT2D eigenvalue weighted by Gasteiger charge is -2.22. The molecule has 2 aromatic rings. The van der Waals surface area contributed by atoms with E-state index in [0.717, 1.165) is 0 Å². The average molecular weight is 311 g/mol. The second-order valence-corrected chi connectivity index (χ2v) is 4.57. The van der Waals surface area contributed by atoms with Gasteiger partial charge in [0.05, 0.1) is 4.92 Å². The minimum atomic E-state index is -0.548. The Hall–Kier alpha value is -2.28. The first-order valence-electron chi connectivity index (χ1n) is 6.15. The van der Waals surface area contributed by atoms with Crippen LogP contribution in [0.3, 0.4) is 0 Å². The van der Waals surface area contributed by atoms with Crippen molar-refractivity contribution < 1.29 is 9.31 Å². The van der Waals surface area contributed by atoms with Gasteiger partial charge in [0, 0.05) is 12.2 Å². The highest BCUT2D eigenvalue weighted by molar-refractivity contribution is 6.28. The van der Waals surface area contributed by atoms with E-state index in [2.05, 4.69) is 9.97 Å². The number of halogens is 2. The molecule has 0 aliphatic carbocycles. The molecule has 1 heterocycles. The molecule has 0 amide bonds. The van der Waals surface area contributed by atoms with Crippen molar-refractivity contribution in [3.63, 3.8) is 0 Å². The van der Waals surface area contributed by atoms with E-state index < -0.39 is 4.92 Å². The van der Waals surface area contributed by atoms with Crippen molar-refractivity contribution >= 4 is 28.8 Å². The number of anilines is 2. The second kappa shape index (κ2) is 6.01. The van der Waals surface area contributed by atoms with Crippen molar-refractivity contribution in [2.75, 3.05) is 11.4 Å². The molecule has 2 rings (SSSR count). The van der Waals surface area contributed by atoms with Gasteiger partial charge in [-0.15, -0.1) is 0 Å². The van der Waals surface area contributed by atoms with Crippen LogP contribution in [0, 0.1) is 22.9 Å². The lowest BCUT2D eigenvalue weighted by Crippen LogP contribution is -2.20. The molecule has 0 aliphatic heterocycles. The van der Waals surface area contributed by atoms with Crippen molar-refractivity contribution in [1.29, 1.82) is 0 Å². The smallest absolute Gasteiger partial charge is 0.321 e. The van der Waals surface area contributed by atoms with Gasteiger partial charge in [-0.1, -0.05) is 0 Å². The maximum Gasteiger partial charge on any atom is 0.333 e. The van der Waals surface area contributed by atoms with Gasteiger partial charge in [0.1, 0.15) is 11.5 Å². The quantitative estimate of drug-likeness (QED) is 0.489. The number of rotatable bonds is 4. The lowest BCUT2D eigenvalue weighted by molar-refractivity contribution is -0.385. The van der Waals surface area contributed by atoms with E-state index in [4.69, 9.17) is 11.6 Å². The summed E-state index contributed by atoms with van der Waals surface area (Å²) in [4.78, 5) is 20.1.